The summed E-state index contributed by atoms with van der Waals surface area (Å²) in [6, 6.07) is 34.1. The van der Waals surface area contributed by atoms with E-state index in [0.717, 1.165) is 19.6 Å². The Morgan fingerprint density at radius 1 is 0.548 bits per heavy atom. The summed E-state index contributed by atoms with van der Waals surface area (Å²) in [5.74, 6) is 0. The van der Waals surface area contributed by atoms with Gasteiger partial charge >= 0.3 is 0 Å². The van der Waals surface area contributed by atoms with E-state index in [9.17, 15) is 0 Å². The molecule has 0 aliphatic heterocycles. The van der Waals surface area contributed by atoms with E-state index in [4.69, 9.17) is 0 Å². The second-order valence-electron chi connectivity index (χ2n) is 8.69. The molecule has 1 heteroatoms. The first kappa shape index (κ1) is 18.6. The number of benzene rings is 4. The van der Waals surface area contributed by atoms with E-state index in [0.29, 0.717) is 0 Å². The van der Waals surface area contributed by atoms with Crippen LogP contribution in [0.1, 0.15) is 41.7 Å². The molecule has 2 aliphatic carbocycles. The zero-order chi connectivity index (χ0) is 21.0. The fraction of sp³-hybridized carbons (Fsp3) is 0.200. The summed E-state index contributed by atoms with van der Waals surface area (Å²) in [6.45, 7) is 7.63. The van der Waals surface area contributed by atoms with Crippen molar-refractivity contribution in [3.05, 3.63) is 119 Å². The predicted octanol–water partition coefficient (Wildman–Crippen LogP) is 6.87. The van der Waals surface area contributed by atoms with Crippen LogP contribution in [0.2, 0.25) is 0 Å². The lowest BCUT2D eigenvalue weighted by molar-refractivity contribution is 0.294. The molecule has 6 rings (SSSR count). The maximum absolute atomic E-state index is 2.53. The highest BCUT2D eigenvalue weighted by molar-refractivity contribution is 5.95. The summed E-state index contributed by atoms with van der Waals surface area (Å²) in [6.07, 6.45) is 0. The molecule has 0 unspecified atom stereocenters. The minimum atomic E-state index is -0.233. The Balaban J connectivity index is 1.76. The zero-order valence-corrected chi connectivity index (χ0v) is 18.2. The van der Waals surface area contributed by atoms with E-state index >= 15 is 0 Å². The Kier molecular flexibility index (Phi) is 4.16. The smallest absolute Gasteiger partial charge is 0.0728 e. The number of hydrogen-bond acceptors (Lipinski definition) is 1. The minimum Gasteiger partial charge on any atom is -0.300 e. The summed E-state index contributed by atoms with van der Waals surface area (Å²) in [7, 11) is 0. The molecule has 1 spiro atoms. The molecule has 4 aromatic carbocycles. The molecule has 0 radical (unpaired) electrons. The summed E-state index contributed by atoms with van der Waals surface area (Å²) < 4.78 is 0. The lowest BCUT2D eigenvalue weighted by atomic mass is 9.69. The number of rotatable bonds is 4. The third-order valence-electron chi connectivity index (χ3n) is 7.39. The van der Waals surface area contributed by atoms with Crippen molar-refractivity contribution in [1.29, 1.82) is 0 Å². The van der Waals surface area contributed by atoms with E-state index in [1.807, 2.05) is 0 Å². The zero-order valence-electron chi connectivity index (χ0n) is 18.2. The van der Waals surface area contributed by atoms with E-state index in [-0.39, 0.29) is 5.41 Å². The summed E-state index contributed by atoms with van der Waals surface area (Å²) >= 11 is 0. The van der Waals surface area contributed by atoms with Gasteiger partial charge in [0.2, 0.25) is 0 Å². The van der Waals surface area contributed by atoms with E-state index in [1.165, 1.54) is 50.1 Å². The molecule has 0 fully saturated rings. The number of nitrogens with zero attached hydrogens (tertiary/aromatic N) is 1. The van der Waals surface area contributed by atoms with Gasteiger partial charge in [0.25, 0.3) is 0 Å². The van der Waals surface area contributed by atoms with Gasteiger partial charge in [0.15, 0.2) is 0 Å². The average Bonchev–Trinajstić information content (AvgIpc) is 3.30. The summed E-state index contributed by atoms with van der Waals surface area (Å²) in [4.78, 5) is 2.53. The van der Waals surface area contributed by atoms with Crippen LogP contribution in [0.4, 0.5) is 0 Å². The lowest BCUT2D eigenvalue weighted by Gasteiger charge is -2.33. The first-order valence-corrected chi connectivity index (χ1v) is 11.4. The Morgan fingerprint density at radius 3 is 1.52 bits per heavy atom. The van der Waals surface area contributed by atoms with E-state index in [2.05, 4.69) is 110 Å². The fourth-order valence-corrected chi connectivity index (χ4v) is 6.06. The minimum absolute atomic E-state index is 0.233. The highest BCUT2D eigenvalue weighted by Crippen LogP contribution is 2.63. The van der Waals surface area contributed by atoms with Crippen LogP contribution in [0.15, 0.2) is 91.0 Å². The molecule has 0 heterocycles. The van der Waals surface area contributed by atoms with Gasteiger partial charge in [-0.05, 0) is 63.2 Å². The molecule has 0 bridgehead atoms. The Bertz CT molecular complexity index is 1230. The van der Waals surface area contributed by atoms with Gasteiger partial charge in [0.05, 0.1) is 5.41 Å². The van der Waals surface area contributed by atoms with Crippen LogP contribution in [-0.2, 0) is 12.0 Å². The average molecular weight is 402 g/mol. The molecule has 4 aromatic rings. The molecule has 2 aliphatic rings. The first-order chi connectivity index (χ1) is 15.3. The van der Waals surface area contributed by atoms with Gasteiger partial charge in [-0.25, -0.2) is 0 Å². The predicted molar refractivity (Wildman–Crippen MR) is 129 cm³/mol. The molecular weight excluding hydrogens is 374 g/mol. The van der Waals surface area contributed by atoms with Crippen LogP contribution >= 0.6 is 0 Å². The van der Waals surface area contributed by atoms with Crippen molar-refractivity contribution in [2.24, 2.45) is 0 Å². The third kappa shape index (κ3) is 2.36. The molecule has 152 valence electrons. The molecule has 31 heavy (non-hydrogen) atoms. The molecule has 0 atom stereocenters. The van der Waals surface area contributed by atoms with Gasteiger partial charge < -0.3 is 0 Å². The second kappa shape index (κ2) is 6.93. The normalized spacial score (nSPS) is 14.4. The van der Waals surface area contributed by atoms with Crippen LogP contribution in [0, 0.1) is 0 Å². The molecule has 0 N–H and O–H groups in total. The van der Waals surface area contributed by atoms with Crippen LogP contribution in [-0.4, -0.2) is 18.0 Å². The van der Waals surface area contributed by atoms with E-state index in [1.54, 1.807) is 0 Å². The molecule has 1 nitrogen and oxygen atoms in total. The maximum Gasteiger partial charge on any atom is 0.0728 e. The lowest BCUT2D eigenvalue weighted by Crippen LogP contribution is -2.29. The summed E-state index contributed by atoms with van der Waals surface area (Å²) in [5.41, 5.74) is 12.5. The van der Waals surface area contributed by atoms with Crippen molar-refractivity contribution in [2.45, 2.75) is 25.8 Å². The van der Waals surface area contributed by atoms with Crippen molar-refractivity contribution in [1.82, 2.24) is 4.90 Å². The van der Waals surface area contributed by atoms with Crippen LogP contribution in [0.3, 0.4) is 0 Å². The Labute approximate surface area is 185 Å². The molecule has 0 saturated heterocycles. The van der Waals surface area contributed by atoms with Crippen molar-refractivity contribution >= 4 is 0 Å². The quantitative estimate of drug-likeness (QED) is 0.311. The molecular formula is C30H27N. The largest absolute Gasteiger partial charge is 0.300 e. The molecule has 0 amide bonds. The molecule has 0 saturated carbocycles. The highest BCUT2D eigenvalue weighted by Gasteiger charge is 2.52. The monoisotopic (exact) mass is 401 g/mol. The van der Waals surface area contributed by atoms with Crippen LogP contribution < -0.4 is 0 Å². The van der Waals surface area contributed by atoms with Crippen LogP contribution in [0.25, 0.3) is 22.3 Å². The van der Waals surface area contributed by atoms with Crippen molar-refractivity contribution in [3.8, 4) is 22.3 Å². The van der Waals surface area contributed by atoms with E-state index < -0.39 is 0 Å². The van der Waals surface area contributed by atoms with Gasteiger partial charge in [0.1, 0.15) is 0 Å². The van der Waals surface area contributed by atoms with Crippen molar-refractivity contribution in [2.75, 3.05) is 13.1 Å². The van der Waals surface area contributed by atoms with Crippen LogP contribution in [0.5, 0.6) is 0 Å². The fourth-order valence-electron chi connectivity index (χ4n) is 6.06. The third-order valence-corrected chi connectivity index (χ3v) is 7.39. The van der Waals surface area contributed by atoms with Gasteiger partial charge in [-0.15, -0.1) is 0 Å². The van der Waals surface area contributed by atoms with Gasteiger partial charge in [-0.3, -0.25) is 4.90 Å². The highest BCUT2D eigenvalue weighted by atomic mass is 15.1. The standard InChI is InChI=1S/C30H27N/c1-3-31(4-2)20-21-12-11-16-25-24-15-7-10-19-28(24)30(29(21)25)26-17-8-5-13-22(26)23-14-6-9-18-27(23)30/h5-19H,3-4,20H2,1-2H3. The van der Waals surface area contributed by atoms with Gasteiger partial charge in [-0.1, -0.05) is 105 Å². The second-order valence-corrected chi connectivity index (χ2v) is 8.69. The Morgan fingerprint density at radius 2 is 1.00 bits per heavy atom. The number of fused-ring (bicyclic) bond motifs is 10. The Hall–Kier alpha value is -3.16. The van der Waals surface area contributed by atoms with Gasteiger partial charge in [0, 0.05) is 6.54 Å². The molecule has 0 aromatic heterocycles. The first-order valence-electron chi connectivity index (χ1n) is 11.4. The maximum atomic E-state index is 2.53. The SMILES string of the molecule is CCN(CC)Cc1cccc2c1C1(c3ccccc3-c3ccccc31)c1ccccc1-2. The van der Waals surface area contributed by atoms with Gasteiger partial charge in [-0.2, -0.15) is 0 Å². The van der Waals surface area contributed by atoms with Crippen molar-refractivity contribution < 1.29 is 0 Å². The number of hydrogen-bond donors (Lipinski definition) is 0. The van der Waals surface area contributed by atoms with Crippen molar-refractivity contribution in [3.63, 3.8) is 0 Å². The topological polar surface area (TPSA) is 3.24 Å². The summed E-state index contributed by atoms with van der Waals surface area (Å²) in [5, 5.41) is 0.